The van der Waals surface area contributed by atoms with Crippen molar-refractivity contribution in [2.75, 3.05) is 6.61 Å². The third kappa shape index (κ3) is 8.15. The summed E-state index contributed by atoms with van der Waals surface area (Å²) in [6.07, 6.45) is 1.97. The van der Waals surface area contributed by atoms with Gasteiger partial charge in [-0.1, -0.05) is 18.3 Å². The molecule has 1 rings (SSSR count). The molecule has 0 unspecified atom stereocenters. The number of hydrogen-bond donors (Lipinski definition) is 1. The molecule has 0 atom stereocenters. The van der Waals surface area contributed by atoms with E-state index < -0.39 is 7.25 Å². The van der Waals surface area contributed by atoms with Gasteiger partial charge in [0.25, 0.3) is 0 Å². The topological polar surface area (TPSA) is 24.1 Å². The molecule has 17 heavy (non-hydrogen) atoms. The zero-order chi connectivity index (χ0) is 13.5. The fourth-order valence-electron chi connectivity index (χ4n) is 1.25. The number of aryl methyl sites for hydroxylation is 1. The first kappa shape index (κ1) is 16.4. The van der Waals surface area contributed by atoms with E-state index in [2.05, 4.69) is 23.9 Å². The molecule has 0 aliphatic heterocycles. The minimum Gasteiger partial charge on any atom is -0.418 e. The second-order valence-corrected chi connectivity index (χ2v) is 4.33. The fourth-order valence-corrected chi connectivity index (χ4v) is 2.27. The van der Waals surface area contributed by atoms with E-state index in [0.29, 0.717) is 0 Å². The van der Waals surface area contributed by atoms with E-state index >= 15 is 0 Å². The van der Waals surface area contributed by atoms with Gasteiger partial charge in [-0.05, 0) is 0 Å². The number of halogens is 4. The molecule has 0 saturated heterocycles. The molecule has 1 aromatic heterocycles. The molecule has 0 saturated carbocycles. The lowest BCUT2D eigenvalue weighted by atomic mass is 10.3. The van der Waals surface area contributed by atoms with Gasteiger partial charge >= 0.3 is 7.25 Å². The van der Waals surface area contributed by atoms with Crippen molar-refractivity contribution in [3.05, 3.63) is 16.1 Å². The summed E-state index contributed by atoms with van der Waals surface area (Å²) in [5.74, 6) is 0. The molecule has 1 heterocycles. The molecule has 2 nitrogen and oxygen atoms in total. The van der Waals surface area contributed by atoms with Gasteiger partial charge in [-0.15, -0.1) is 0 Å². The van der Waals surface area contributed by atoms with E-state index in [1.165, 1.54) is 17.0 Å². The molecular formula is C9H16BF4NOS. The predicted octanol–water partition coefficient (Wildman–Crippen LogP) is 2.59. The molecule has 8 heteroatoms. The van der Waals surface area contributed by atoms with Crippen LogP contribution in [0.25, 0.3) is 0 Å². The number of aliphatic hydroxyl groups is 1. The maximum atomic E-state index is 9.75. The van der Waals surface area contributed by atoms with Gasteiger partial charge in [-0.2, -0.15) is 4.57 Å². The third-order valence-corrected chi connectivity index (χ3v) is 3.10. The van der Waals surface area contributed by atoms with Crippen molar-refractivity contribution in [3.8, 4) is 0 Å². The monoisotopic (exact) mass is 273 g/mol. The number of nitrogens with zero attached hydrogens (tertiary/aromatic N) is 1. The average Bonchev–Trinajstić information content (AvgIpc) is 2.49. The van der Waals surface area contributed by atoms with Crippen LogP contribution >= 0.6 is 11.3 Å². The fraction of sp³-hybridized carbons (Fsp3) is 0.667. The van der Waals surface area contributed by atoms with Crippen LogP contribution in [-0.4, -0.2) is 19.0 Å². The van der Waals surface area contributed by atoms with Crippen LogP contribution in [-0.2, 0) is 13.0 Å². The van der Waals surface area contributed by atoms with Crippen molar-refractivity contribution in [3.63, 3.8) is 0 Å². The number of thiazole rings is 1. The highest BCUT2D eigenvalue weighted by atomic mass is 32.1. The van der Waals surface area contributed by atoms with Crippen molar-refractivity contribution >= 4 is 18.6 Å². The van der Waals surface area contributed by atoms with Crippen molar-refractivity contribution < 1.29 is 26.9 Å². The lowest BCUT2D eigenvalue weighted by Gasteiger charge is -1.94. The smallest absolute Gasteiger partial charge is 0.418 e. The molecule has 0 fully saturated rings. The number of aliphatic hydroxyl groups excluding tert-OH is 1. The third-order valence-electron chi connectivity index (χ3n) is 1.96. The Hall–Kier alpha value is -0.625. The van der Waals surface area contributed by atoms with Crippen molar-refractivity contribution in [2.45, 2.75) is 33.2 Å². The molecule has 0 bridgehead atoms. The Kier molecular flexibility index (Phi) is 7.37. The minimum absolute atomic E-state index is 0.257. The second-order valence-electron chi connectivity index (χ2n) is 3.39. The summed E-state index contributed by atoms with van der Waals surface area (Å²) < 4.78 is 41.3. The van der Waals surface area contributed by atoms with Gasteiger partial charge in [-0.25, -0.2) is 0 Å². The van der Waals surface area contributed by atoms with Crippen LogP contribution < -0.4 is 4.57 Å². The normalized spacial score (nSPS) is 11.0. The Labute approximate surface area is 102 Å². The number of hydrogen-bond acceptors (Lipinski definition) is 2. The summed E-state index contributed by atoms with van der Waals surface area (Å²) in [5, 5.41) is 8.78. The quantitative estimate of drug-likeness (QED) is 0.509. The van der Waals surface area contributed by atoms with E-state index in [1.54, 1.807) is 11.3 Å². The molecule has 0 aliphatic carbocycles. The summed E-state index contributed by atoms with van der Waals surface area (Å²) in [5.41, 5.74) is 3.46. The van der Waals surface area contributed by atoms with E-state index in [9.17, 15) is 17.3 Å². The lowest BCUT2D eigenvalue weighted by molar-refractivity contribution is -0.698. The molecule has 0 spiro atoms. The lowest BCUT2D eigenvalue weighted by Crippen LogP contribution is -2.34. The Bertz CT molecular complexity index is 300. The molecule has 1 N–H and O–H groups in total. The first-order valence-corrected chi connectivity index (χ1v) is 6.12. The molecule has 0 amide bonds. The highest BCUT2D eigenvalue weighted by molar-refractivity contribution is 7.09. The van der Waals surface area contributed by atoms with Crippen LogP contribution in [0.2, 0.25) is 0 Å². The van der Waals surface area contributed by atoms with Crippen LogP contribution in [0, 0.1) is 6.92 Å². The predicted molar refractivity (Wildman–Crippen MR) is 60.5 cm³/mol. The molecule has 0 radical (unpaired) electrons. The van der Waals surface area contributed by atoms with Crippen molar-refractivity contribution in [1.82, 2.24) is 0 Å². The van der Waals surface area contributed by atoms with Crippen LogP contribution in [0.4, 0.5) is 17.3 Å². The number of rotatable bonds is 4. The van der Waals surface area contributed by atoms with Gasteiger partial charge in [0.05, 0.1) is 4.88 Å². The van der Waals surface area contributed by atoms with Crippen LogP contribution in [0.5, 0.6) is 0 Å². The Balaban J connectivity index is 0.000000437. The summed E-state index contributed by atoms with van der Waals surface area (Å²) >= 11 is 1.74. The first-order valence-electron chi connectivity index (χ1n) is 5.24. The summed E-state index contributed by atoms with van der Waals surface area (Å²) in [7, 11) is -6.00. The maximum absolute atomic E-state index is 9.75. The van der Waals surface area contributed by atoms with Crippen LogP contribution in [0.1, 0.15) is 23.9 Å². The van der Waals surface area contributed by atoms with Gasteiger partial charge in [0.2, 0.25) is 5.51 Å². The second kappa shape index (κ2) is 7.65. The van der Waals surface area contributed by atoms with Crippen LogP contribution in [0.15, 0.2) is 5.51 Å². The average molecular weight is 273 g/mol. The van der Waals surface area contributed by atoms with Gasteiger partial charge in [0.1, 0.15) is 6.54 Å². The number of aromatic nitrogens is 1. The molecular weight excluding hydrogens is 257 g/mol. The van der Waals surface area contributed by atoms with Crippen LogP contribution in [0.3, 0.4) is 0 Å². The SMILES string of the molecule is CCC[n+]1csc(CCO)c1C.F[B-](F)(F)F. The van der Waals surface area contributed by atoms with Crippen molar-refractivity contribution in [1.29, 1.82) is 0 Å². The Morgan fingerprint density at radius 1 is 1.35 bits per heavy atom. The Morgan fingerprint density at radius 2 is 1.88 bits per heavy atom. The highest BCUT2D eigenvalue weighted by Gasteiger charge is 2.20. The summed E-state index contributed by atoms with van der Waals surface area (Å²) in [6.45, 7) is 5.65. The zero-order valence-electron chi connectivity index (χ0n) is 9.80. The van der Waals surface area contributed by atoms with E-state index in [1.807, 2.05) is 0 Å². The van der Waals surface area contributed by atoms with Gasteiger partial charge < -0.3 is 22.4 Å². The first-order chi connectivity index (χ1) is 7.79. The maximum Gasteiger partial charge on any atom is 0.673 e. The standard InChI is InChI=1S/C9H16NOS.BF4/c1-3-5-10-7-12-9(4-6-11)8(10)2;2-1(3,4)5/h7,11H,3-6H2,1-2H3;/q+1;-1. The van der Waals surface area contributed by atoms with Crippen molar-refractivity contribution in [2.24, 2.45) is 0 Å². The van der Waals surface area contributed by atoms with E-state index in [-0.39, 0.29) is 6.61 Å². The van der Waals surface area contributed by atoms with Gasteiger partial charge in [0.15, 0.2) is 5.69 Å². The molecule has 100 valence electrons. The van der Waals surface area contributed by atoms with E-state index in [4.69, 9.17) is 5.11 Å². The minimum atomic E-state index is -6.00. The van der Waals surface area contributed by atoms with Gasteiger partial charge in [0, 0.05) is 26.4 Å². The Morgan fingerprint density at radius 3 is 2.29 bits per heavy atom. The highest BCUT2D eigenvalue weighted by Crippen LogP contribution is 2.11. The summed E-state index contributed by atoms with van der Waals surface area (Å²) in [4.78, 5) is 1.31. The van der Waals surface area contributed by atoms with Gasteiger partial charge in [-0.3, -0.25) is 0 Å². The molecule has 0 aromatic carbocycles. The molecule has 1 aromatic rings. The zero-order valence-corrected chi connectivity index (χ0v) is 10.6. The molecule has 0 aliphatic rings. The van der Waals surface area contributed by atoms with E-state index in [0.717, 1.165) is 13.0 Å². The largest absolute Gasteiger partial charge is 0.673 e. The summed E-state index contributed by atoms with van der Waals surface area (Å²) in [6, 6.07) is 0.